The summed E-state index contributed by atoms with van der Waals surface area (Å²) >= 11 is 0. The largest absolute Gasteiger partial charge is 0.452 e. The average Bonchev–Trinajstić information content (AvgIpc) is 3.15. The number of likely N-dealkylation sites (tertiary alicyclic amines) is 1. The van der Waals surface area contributed by atoms with Crippen molar-refractivity contribution in [1.82, 2.24) is 15.1 Å². The number of ether oxygens (including phenoxy) is 1. The van der Waals surface area contributed by atoms with Gasteiger partial charge in [-0.25, -0.2) is 4.79 Å². The molecule has 2 saturated heterocycles. The quantitative estimate of drug-likeness (QED) is 0.412. The molecule has 1 aliphatic carbocycles. The van der Waals surface area contributed by atoms with Crippen LogP contribution in [0.4, 0.5) is 4.79 Å². The van der Waals surface area contributed by atoms with Gasteiger partial charge in [-0.1, -0.05) is 12.2 Å². The number of hydrogen-bond acceptors (Lipinski definition) is 6. The van der Waals surface area contributed by atoms with E-state index in [1.807, 2.05) is 12.2 Å². The summed E-state index contributed by atoms with van der Waals surface area (Å²) in [5.41, 5.74) is 0. The van der Waals surface area contributed by atoms with Crippen LogP contribution in [0.15, 0.2) is 12.2 Å². The molecule has 3 aliphatic rings. The van der Waals surface area contributed by atoms with Gasteiger partial charge in [-0.2, -0.15) is 0 Å². The Morgan fingerprint density at radius 1 is 1.19 bits per heavy atom. The fraction of sp³-hybridized carbons (Fsp3) is 0.588. The Hall–Kier alpha value is -2.71. The zero-order valence-corrected chi connectivity index (χ0v) is 14.5. The number of esters is 1. The molecular weight excluding hydrogens is 342 g/mol. The van der Waals surface area contributed by atoms with Gasteiger partial charge in [0.15, 0.2) is 6.10 Å². The summed E-state index contributed by atoms with van der Waals surface area (Å²) in [6.07, 6.45) is 3.58. The second-order valence-corrected chi connectivity index (χ2v) is 6.59. The van der Waals surface area contributed by atoms with Crippen LogP contribution < -0.4 is 5.32 Å². The smallest absolute Gasteiger partial charge is 0.324 e. The van der Waals surface area contributed by atoms with Crippen LogP contribution in [0.3, 0.4) is 0 Å². The zero-order valence-electron chi connectivity index (χ0n) is 14.5. The van der Waals surface area contributed by atoms with E-state index < -0.39 is 24.0 Å². The lowest BCUT2D eigenvalue weighted by Gasteiger charge is -2.19. The summed E-state index contributed by atoms with van der Waals surface area (Å²) in [5.74, 6) is -2.47. The molecule has 0 bridgehead atoms. The summed E-state index contributed by atoms with van der Waals surface area (Å²) in [4.78, 5) is 62.3. The molecule has 2 aliphatic heterocycles. The molecule has 26 heavy (non-hydrogen) atoms. The molecule has 0 aromatic rings. The number of nitrogens with one attached hydrogen (secondary N) is 1. The van der Waals surface area contributed by atoms with Crippen LogP contribution >= 0.6 is 0 Å². The van der Waals surface area contributed by atoms with Crippen molar-refractivity contribution in [3.8, 4) is 0 Å². The van der Waals surface area contributed by atoms with Crippen molar-refractivity contribution in [2.45, 2.75) is 32.3 Å². The summed E-state index contributed by atoms with van der Waals surface area (Å²) in [6.45, 7) is 1.92. The van der Waals surface area contributed by atoms with Gasteiger partial charge in [0.25, 0.3) is 5.91 Å². The molecule has 5 amide bonds. The third-order valence-electron chi connectivity index (χ3n) is 4.92. The van der Waals surface area contributed by atoms with Gasteiger partial charge in [0.1, 0.15) is 0 Å². The Morgan fingerprint density at radius 2 is 1.81 bits per heavy atom. The normalized spacial score (nSPS) is 26.0. The topological polar surface area (TPSA) is 113 Å². The molecule has 1 N–H and O–H groups in total. The molecule has 3 rings (SSSR count). The fourth-order valence-corrected chi connectivity index (χ4v) is 3.50. The van der Waals surface area contributed by atoms with Crippen LogP contribution in [0.25, 0.3) is 0 Å². The van der Waals surface area contributed by atoms with E-state index in [1.165, 1.54) is 6.92 Å². The Morgan fingerprint density at radius 3 is 2.35 bits per heavy atom. The van der Waals surface area contributed by atoms with E-state index in [9.17, 15) is 24.0 Å². The number of rotatable bonds is 5. The number of carbonyl (C=O) groups is 5. The number of urea groups is 1. The minimum atomic E-state index is -1.11. The van der Waals surface area contributed by atoms with Crippen molar-refractivity contribution < 1.29 is 28.7 Å². The summed E-state index contributed by atoms with van der Waals surface area (Å²) in [7, 11) is 0. The first-order valence-corrected chi connectivity index (χ1v) is 8.69. The van der Waals surface area contributed by atoms with Gasteiger partial charge >= 0.3 is 12.0 Å². The first kappa shape index (κ1) is 18.1. The maximum absolute atomic E-state index is 12.3. The van der Waals surface area contributed by atoms with E-state index >= 15 is 0 Å². The van der Waals surface area contributed by atoms with Crippen LogP contribution in [-0.4, -0.2) is 65.3 Å². The highest BCUT2D eigenvalue weighted by molar-refractivity contribution is 6.05. The van der Waals surface area contributed by atoms with Crippen LogP contribution in [0.1, 0.15) is 26.2 Å². The minimum Gasteiger partial charge on any atom is -0.452 e. The van der Waals surface area contributed by atoms with Gasteiger partial charge < -0.3 is 10.1 Å². The maximum Gasteiger partial charge on any atom is 0.324 e. The Labute approximate surface area is 150 Å². The minimum absolute atomic E-state index is 0.0609. The van der Waals surface area contributed by atoms with Crippen molar-refractivity contribution in [3.05, 3.63) is 12.2 Å². The molecule has 0 spiro atoms. The van der Waals surface area contributed by atoms with Gasteiger partial charge in [-0.3, -0.25) is 29.0 Å². The summed E-state index contributed by atoms with van der Waals surface area (Å²) in [6, 6.07) is -0.512. The number of fused-ring (bicyclic) bond motifs is 1. The second-order valence-electron chi connectivity index (χ2n) is 6.59. The predicted octanol–water partition coefficient (Wildman–Crippen LogP) is -0.189. The molecule has 140 valence electrons. The van der Waals surface area contributed by atoms with Gasteiger partial charge in [0.05, 0.1) is 18.3 Å². The molecule has 9 heteroatoms. The van der Waals surface area contributed by atoms with E-state index in [-0.39, 0.29) is 43.2 Å². The lowest BCUT2D eigenvalue weighted by atomic mass is 9.85. The summed E-state index contributed by atoms with van der Waals surface area (Å²) in [5, 5.41) is 2.49. The monoisotopic (exact) mass is 363 g/mol. The number of carbonyl (C=O) groups excluding carboxylic acids is 5. The molecule has 0 radical (unpaired) electrons. The molecule has 9 nitrogen and oxygen atoms in total. The highest BCUT2D eigenvalue weighted by atomic mass is 16.5. The predicted molar refractivity (Wildman–Crippen MR) is 87.4 cm³/mol. The highest BCUT2D eigenvalue weighted by Gasteiger charge is 2.47. The van der Waals surface area contributed by atoms with E-state index in [0.29, 0.717) is 19.4 Å². The van der Waals surface area contributed by atoms with E-state index in [1.54, 1.807) is 0 Å². The van der Waals surface area contributed by atoms with Crippen molar-refractivity contribution in [1.29, 1.82) is 0 Å². The number of hydrogen-bond donors (Lipinski definition) is 1. The van der Waals surface area contributed by atoms with Crippen molar-refractivity contribution in [2.75, 3.05) is 19.6 Å². The molecule has 2 heterocycles. The van der Waals surface area contributed by atoms with E-state index in [2.05, 4.69) is 5.32 Å². The highest BCUT2D eigenvalue weighted by Crippen LogP contribution is 2.35. The Kier molecular flexibility index (Phi) is 5.06. The lowest BCUT2D eigenvalue weighted by Crippen LogP contribution is -2.42. The molecule has 3 atom stereocenters. The third kappa shape index (κ3) is 3.33. The van der Waals surface area contributed by atoms with Gasteiger partial charge in [0.2, 0.25) is 11.8 Å². The van der Waals surface area contributed by atoms with Gasteiger partial charge in [-0.15, -0.1) is 0 Å². The van der Waals surface area contributed by atoms with Gasteiger partial charge in [-0.05, 0) is 19.8 Å². The first-order chi connectivity index (χ1) is 12.4. The number of amides is 5. The molecule has 2 fully saturated rings. The number of imide groups is 2. The van der Waals surface area contributed by atoms with Gasteiger partial charge in [0, 0.05) is 19.6 Å². The molecule has 0 aromatic carbocycles. The zero-order chi connectivity index (χ0) is 18.8. The van der Waals surface area contributed by atoms with Crippen LogP contribution in [0.2, 0.25) is 0 Å². The molecular formula is C17H21N3O6. The Balaban J connectivity index is 1.49. The van der Waals surface area contributed by atoms with Crippen molar-refractivity contribution in [2.24, 2.45) is 11.8 Å². The van der Waals surface area contributed by atoms with Crippen molar-refractivity contribution >= 4 is 29.7 Å². The first-order valence-electron chi connectivity index (χ1n) is 8.69. The molecule has 0 unspecified atom stereocenters. The Bertz CT molecular complexity index is 662. The van der Waals surface area contributed by atoms with Crippen molar-refractivity contribution in [3.63, 3.8) is 0 Å². The van der Waals surface area contributed by atoms with E-state index in [0.717, 1.165) is 9.80 Å². The standard InChI is InChI=1S/C17H21N3O6/c1-10(14(22)20-9-7-18-17(20)25)26-13(21)6-8-19-15(23)11-4-2-3-5-12(11)16(19)24/h2-3,10-12H,4-9H2,1H3,(H,18,25)/t10-,11-,12+/m1/s1. The van der Waals surface area contributed by atoms with Crippen LogP contribution in [-0.2, 0) is 23.9 Å². The van der Waals surface area contributed by atoms with E-state index in [4.69, 9.17) is 4.74 Å². The van der Waals surface area contributed by atoms with Crippen LogP contribution in [0, 0.1) is 11.8 Å². The SMILES string of the molecule is C[C@@H](OC(=O)CCN1C(=O)[C@H]2CC=CC[C@H]2C1=O)C(=O)N1CCNC1=O. The maximum atomic E-state index is 12.3. The lowest BCUT2D eigenvalue weighted by molar-refractivity contribution is -0.158. The van der Waals surface area contributed by atoms with Crippen LogP contribution in [0.5, 0.6) is 0 Å². The number of allylic oxidation sites excluding steroid dienone is 2. The molecule has 0 saturated carbocycles. The summed E-state index contributed by atoms with van der Waals surface area (Å²) < 4.78 is 5.05. The number of nitrogens with zero attached hydrogens (tertiary/aromatic N) is 2. The average molecular weight is 363 g/mol. The third-order valence-corrected chi connectivity index (χ3v) is 4.92. The second kappa shape index (κ2) is 7.27. The fourth-order valence-electron chi connectivity index (χ4n) is 3.50. The molecule has 0 aromatic heterocycles.